The van der Waals surface area contributed by atoms with Crippen LogP contribution in [-0.4, -0.2) is 33.5 Å². The van der Waals surface area contributed by atoms with Crippen molar-refractivity contribution in [2.45, 2.75) is 17.4 Å². The third-order valence-corrected chi connectivity index (χ3v) is 6.57. The number of H-pyrrole nitrogens is 1. The summed E-state index contributed by atoms with van der Waals surface area (Å²) in [4.78, 5) is 12.4. The molecule has 144 valence electrons. The Balaban J connectivity index is 1.62. The van der Waals surface area contributed by atoms with Crippen LogP contribution in [0.2, 0.25) is 0 Å². The molecule has 0 radical (unpaired) electrons. The number of hydrogen-bond acceptors (Lipinski definition) is 5. The van der Waals surface area contributed by atoms with Crippen molar-refractivity contribution in [2.75, 3.05) is 0 Å². The van der Waals surface area contributed by atoms with E-state index >= 15 is 0 Å². The van der Waals surface area contributed by atoms with E-state index in [1.165, 1.54) is 0 Å². The lowest BCUT2D eigenvalue weighted by Gasteiger charge is -2.22. The Hall–Kier alpha value is -3.52. The van der Waals surface area contributed by atoms with Gasteiger partial charge < -0.3 is 4.98 Å². The maximum Gasteiger partial charge on any atom is 0.279 e. The van der Waals surface area contributed by atoms with E-state index in [0.717, 1.165) is 21.1 Å². The van der Waals surface area contributed by atoms with Crippen molar-refractivity contribution < 1.29 is 8.42 Å². The number of sulfonamides is 1. The van der Waals surface area contributed by atoms with Gasteiger partial charge in [-0.05, 0) is 36.4 Å². The highest BCUT2D eigenvalue weighted by Gasteiger charge is 2.39. The molecule has 0 amide bonds. The number of fused-ring (bicyclic) bond motifs is 1. The van der Waals surface area contributed by atoms with Gasteiger partial charge in [-0.2, -0.15) is 17.9 Å². The van der Waals surface area contributed by atoms with Gasteiger partial charge in [0.1, 0.15) is 6.04 Å². The summed E-state index contributed by atoms with van der Waals surface area (Å²) in [6, 6.07) is 19.0. The van der Waals surface area contributed by atoms with E-state index in [4.69, 9.17) is 0 Å². The third-order valence-electron chi connectivity index (χ3n) is 4.88. The molecule has 0 unspecified atom stereocenters. The first-order valence-corrected chi connectivity index (χ1v) is 10.6. The average Bonchev–Trinajstić information content (AvgIpc) is 3.44. The largest absolute Gasteiger partial charge is 0.360 e. The van der Waals surface area contributed by atoms with Crippen LogP contribution in [0.3, 0.4) is 0 Å². The molecule has 0 fully saturated rings. The molecule has 1 atom stereocenters. The molecule has 0 bridgehead atoms. The number of hydrogen-bond donors (Lipinski definition) is 1. The summed E-state index contributed by atoms with van der Waals surface area (Å²) >= 11 is 0. The predicted octanol–water partition coefficient (Wildman–Crippen LogP) is 3.50. The van der Waals surface area contributed by atoms with E-state index in [-0.39, 0.29) is 4.90 Å². The maximum absolute atomic E-state index is 13.4. The molecule has 4 aromatic rings. The molecule has 7 nitrogen and oxygen atoms in total. The number of aromatic nitrogens is 3. The molecule has 0 aliphatic carbocycles. The quantitative estimate of drug-likeness (QED) is 0.565. The molecular formula is C21H17N5O2S. The fourth-order valence-electron chi connectivity index (χ4n) is 3.44. The van der Waals surface area contributed by atoms with E-state index < -0.39 is 16.1 Å². The van der Waals surface area contributed by atoms with Crippen LogP contribution in [0, 0.1) is 0 Å². The Kier molecular flexibility index (Phi) is 4.13. The van der Waals surface area contributed by atoms with Crippen LogP contribution >= 0.6 is 0 Å². The van der Waals surface area contributed by atoms with Gasteiger partial charge in [-0.3, -0.25) is 4.98 Å². The summed E-state index contributed by atoms with van der Waals surface area (Å²) in [7, 11) is -3.85. The number of hydrazone groups is 1. The number of rotatable bonds is 4. The topological polar surface area (TPSA) is 91.3 Å². The normalized spacial score (nSPS) is 16.9. The molecule has 0 saturated heterocycles. The van der Waals surface area contributed by atoms with E-state index in [1.807, 2.05) is 36.4 Å². The van der Waals surface area contributed by atoms with Crippen molar-refractivity contribution in [3.63, 3.8) is 0 Å². The highest BCUT2D eigenvalue weighted by atomic mass is 32.2. The van der Waals surface area contributed by atoms with Crippen LogP contribution in [0.5, 0.6) is 0 Å². The zero-order valence-electron chi connectivity index (χ0n) is 15.3. The van der Waals surface area contributed by atoms with Gasteiger partial charge in [-0.1, -0.05) is 30.3 Å². The van der Waals surface area contributed by atoms with Gasteiger partial charge in [0.05, 0.1) is 39.2 Å². The first-order valence-electron chi connectivity index (χ1n) is 9.15. The van der Waals surface area contributed by atoms with Gasteiger partial charge in [-0.15, -0.1) is 0 Å². The van der Waals surface area contributed by atoms with Gasteiger partial charge >= 0.3 is 0 Å². The zero-order valence-corrected chi connectivity index (χ0v) is 16.1. The fourth-order valence-corrected chi connectivity index (χ4v) is 4.88. The van der Waals surface area contributed by atoms with Gasteiger partial charge in [0.2, 0.25) is 0 Å². The predicted molar refractivity (Wildman–Crippen MR) is 110 cm³/mol. The van der Waals surface area contributed by atoms with Crippen molar-refractivity contribution in [2.24, 2.45) is 5.10 Å². The van der Waals surface area contributed by atoms with Crippen molar-refractivity contribution in [3.05, 3.63) is 90.5 Å². The maximum atomic E-state index is 13.4. The van der Waals surface area contributed by atoms with Crippen molar-refractivity contribution >= 4 is 26.8 Å². The number of benzene rings is 2. The first kappa shape index (κ1) is 17.6. The molecule has 1 aliphatic heterocycles. The van der Waals surface area contributed by atoms with Crippen LogP contribution < -0.4 is 0 Å². The first-order chi connectivity index (χ1) is 14.1. The average molecular weight is 403 g/mol. The summed E-state index contributed by atoms with van der Waals surface area (Å²) in [5, 5.41) is 4.48. The highest BCUT2D eigenvalue weighted by Crippen LogP contribution is 2.36. The summed E-state index contributed by atoms with van der Waals surface area (Å²) < 4.78 is 27.9. The van der Waals surface area contributed by atoms with E-state index in [2.05, 4.69) is 20.1 Å². The van der Waals surface area contributed by atoms with Crippen LogP contribution in [0.15, 0.2) is 89.1 Å². The zero-order chi connectivity index (χ0) is 19.8. The SMILES string of the molecule is O=S(=O)(c1ccccc1)N1N=C(c2ccc[nH]2)C[C@@H]1c1cnc2ccccc2n1. The van der Waals surface area contributed by atoms with Crippen LogP contribution in [-0.2, 0) is 10.0 Å². The van der Waals surface area contributed by atoms with Crippen molar-refractivity contribution in [1.29, 1.82) is 0 Å². The number of aromatic amines is 1. The highest BCUT2D eigenvalue weighted by molar-refractivity contribution is 7.89. The molecule has 0 spiro atoms. The molecule has 5 rings (SSSR count). The van der Waals surface area contributed by atoms with E-state index in [1.54, 1.807) is 42.7 Å². The number of nitrogens with zero attached hydrogens (tertiary/aromatic N) is 4. The van der Waals surface area contributed by atoms with Gasteiger partial charge in [-0.25, -0.2) is 4.98 Å². The number of para-hydroxylation sites is 2. The van der Waals surface area contributed by atoms with Gasteiger partial charge in [0, 0.05) is 12.6 Å². The minimum Gasteiger partial charge on any atom is -0.360 e. The summed E-state index contributed by atoms with van der Waals surface area (Å²) in [5.41, 5.74) is 3.49. The molecular weight excluding hydrogens is 386 g/mol. The second-order valence-corrected chi connectivity index (χ2v) is 8.52. The molecule has 2 aromatic heterocycles. The van der Waals surface area contributed by atoms with Crippen LogP contribution in [0.4, 0.5) is 0 Å². The van der Waals surface area contributed by atoms with Crippen LogP contribution in [0.1, 0.15) is 23.9 Å². The van der Waals surface area contributed by atoms with E-state index in [9.17, 15) is 8.42 Å². The molecule has 3 heterocycles. The molecule has 29 heavy (non-hydrogen) atoms. The van der Waals surface area contributed by atoms with E-state index in [0.29, 0.717) is 17.8 Å². The third kappa shape index (κ3) is 3.07. The Morgan fingerprint density at radius 3 is 2.45 bits per heavy atom. The standard InChI is InChI=1S/C21H17N5O2S/c27-29(28,15-7-2-1-3-8-15)26-21(13-19(25-26)17-11-6-12-22-17)20-14-23-16-9-4-5-10-18(16)24-20/h1-12,14,21-22H,13H2/t21-/m1/s1. The molecule has 0 saturated carbocycles. The lowest BCUT2D eigenvalue weighted by molar-refractivity contribution is 0.365. The lowest BCUT2D eigenvalue weighted by Crippen LogP contribution is -2.28. The Labute approximate surface area is 167 Å². The lowest BCUT2D eigenvalue weighted by atomic mass is 10.1. The molecule has 1 aliphatic rings. The van der Waals surface area contributed by atoms with Crippen molar-refractivity contribution in [3.8, 4) is 0 Å². The minimum atomic E-state index is -3.85. The fraction of sp³-hybridized carbons (Fsp3) is 0.0952. The smallest absolute Gasteiger partial charge is 0.279 e. The summed E-state index contributed by atoms with van der Waals surface area (Å²) in [5.74, 6) is 0. The Bertz CT molecular complexity index is 1300. The van der Waals surface area contributed by atoms with Crippen LogP contribution in [0.25, 0.3) is 11.0 Å². The monoisotopic (exact) mass is 403 g/mol. The Morgan fingerprint density at radius 1 is 0.931 bits per heavy atom. The number of nitrogens with one attached hydrogen (secondary N) is 1. The summed E-state index contributed by atoms with van der Waals surface area (Å²) in [6.07, 6.45) is 3.82. The van der Waals surface area contributed by atoms with Crippen molar-refractivity contribution in [1.82, 2.24) is 19.4 Å². The molecule has 1 N–H and O–H groups in total. The van der Waals surface area contributed by atoms with Gasteiger partial charge in [0.25, 0.3) is 10.0 Å². The second kappa shape index (κ2) is 6.82. The van der Waals surface area contributed by atoms with Gasteiger partial charge in [0.15, 0.2) is 0 Å². The minimum absolute atomic E-state index is 0.190. The molecule has 2 aromatic carbocycles. The summed E-state index contributed by atoms with van der Waals surface area (Å²) in [6.45, 7) is 0. The second-order valence-electron chi connectivity index (χ2n) is 6.72. The molecule has 8 heteroatoms. The Morgan fingerprint density at radius 2 is 1.69 bits per heavy atom.